The molecule has 0 aromatic heterocycles. The molecule has 1 N–H and O–H groups in total. The van der Waals surface area contributed by atoms with Gasteiger partial charge in [0, 0.05) is 6.54 Å². The van der Waals surface area contributed by atoms with Crippen molar-refractivity contribution in [1.29, 1.82) is 0 Å². The summed E-state index contributed by atoms with van der Waals surface area (Å²) in [5, 5.41) is 3.04. The lowest BCUT2D eigenvalue weighted by Crippen LogP contribution is -2.29. The van der Waals surface area contributed by atoms with Crippen molar-refractivity contribution in [1.82, 2.24) is 5.32 Å². The minimum absolute atomic E-state index is 0.181. The summed E-state index contributed by atoms with van der Waals surface area (Å²) in [5.41, 5.74) is 0.741. The number of esters is 1. The number of halogens is 1. The number of ether oxygens (including phenoxy) is 3. The van der Waals surface area contributed by atoms with E-state index >= 15 is 0 Å². The molecule has 1 unspecified atom stereocenters. The maximum atomic E-state index is 11.8. The van der Waals surface area contributed by atoms with E-state index in [9.17, 15) is 4.79 Å². The standard InChI is InChI=1S/C13H14BrNO4/c1-3-4-15-11(13(16)17-2)8-5-9(14)12-10(6-8)18-7-19-12/h3,5-6,11,15H,1,4,7H2,2H3. The van der Waals surface area contributed by atoms with E-state index in [1.807, 2.05) is 6.07 Å². The number of rotatable bonds is 5. The summed E-state index contributed by atoms with van der Waals surface area (Å²) in [4.78, 5) is 11.8. The van der Waals surface area contributed by atoms with Crippen LogP contribution in [0, 0.1) is 0 Å². The van der Waals surface area contributed by atoms with Gasteiger partial charge >= 0.3 is 5.97 Å². The molecule has 1 aliphatic rings. The Kier molecular flexibility index (Phi) is 4.44. The van der Waals surface area contributed by atoms with Crippen LogP contribution in [0.25, 0.3) is 0 Å². The van der Waals surface area contributed by atoms with Crippen molar-refractivity contribution in [2.75, 3.05) is 20.4 Å². The van der Waals surface area contributed by atoms with E-state index < -0.39 is 6.04 Å². The SMILES string of the molecule is C=CCNC(C(=O)OC)c1cc(Br)c2c(c1)OCO2. The molecule has 1 aromatic carbocycles. The third-order valence-corrected chi connectivity index (χ3v) is 3.28. The second kappa shape index (κ2) is 6.08. The summed E-state index contributed by atoms with van der Waals surface area (Å²) >= 11 is 3.40. The van der Waals surface area contributed by atoms with Gasteiger partial charge in [-0.2, -0.15) is 0 Å². The molecule has 0 aliphatic carbocycles. The van der Waals surface area contributed by atoms with Crippen molar-refractivity contribution in [3.05, 3.63) is 34.8 Å². The lowest BCUT2D eigenvalue weighted by atomic mass is 10.1. The zero-order valence-corrected chi connectivity index (χ0v) is 12.0. The molecular weight excluding hydrogens is 314 g/mol. The second-order valence-electron chi connectivity index (χ2n) is 3.89. The van der Waals surface area contributed by atoms with Crippen LogP contribution in [0.5, 0.6) is 11.5 Å². The fraction of sp³-hybridized carbons (Fsp3) is 0.308. The Bertz CT molecular complexity index is 504. The van der Waals surface area contributed by atoms with E-state index in [1.165, 1.54) is 7.11 Å². The van der Waals surface area contributed by atoms with E-state index in [0.717, 1.165) is 10.0 Å². The Hall–Kier alpha value is -1.53. The second-order valence-corrected chi connectivity index (χ2v) is 4.74. The lowest BCUT2D eigenvalue weighted by molar-refractivity contribution is -0.143. The van der Waals surface area contributed by atoms with E-state index in [2.05, 4.69) is 27.8 Å². The molecule has 0 fully saturated rings. The van der Waals surface area contributed by atoms with Gasteiger partial charge in [-0.15, -0.1) is 6.58 Å². The van der Waals surface area contributed by atoms with Gasteiger partial charge < -0.3 is 14.2 Å². The molecule has 0 bridgehead atoms. The highest BCUT2D eigenvalue weighted by atomic mass is 79.9. The molecule has 1 atom stereocenters. The number of nitrogens with one attached hydrogen (secondary N) is 1. The Balaban J connectivity index is 2.33. The molecule has 5 nitrogen and oxygen atoms in total. The van der Waals surface area contributed by atoms with Crippen molar-refractivity contribution in [2.45, 2.75) is 6.04 Å². The fourth-order valence-corrected chi connectivity index (χ4v) is 2.38. The van der Waals surface area contributed by atoms with Crippen LogP contribution in [-0.2, 0) is 9.53 Å². The number of fused-ring (bicyclic) bond motifs is 1. The van der Waals surface area contributed by atoms with Crippen LogP contribution in [-0.4, -0.2) is 26.4 Å². The summed E-state index contributed by atoms with van der Waals surface area (Å²) in [5.74, 6) is 0.891. The van der Waals surface area contributed by atoms with Crippen LogP contribution in [0.1, 0.15) is 11.6 Å². The van der Waals surface area contributed by atoms with Gasteiger partial charge in [0.05, 0.1) is 11.6 Å². The Morgan fingerprint density at radius 1 is 1.63 bits per heavy atom. The van der Waals surface area contributed by atoms with Gasteiger partial charge in [-0.25, -0.2) is 4.79 Å². The molecular formula is C13H14BrNO4. The lowest BCUT2D eigenvalue weighted by Gasteiger charge is -2.16. The summed E-state index contributed by atoms with van der Waals surface area (Å²) < 4.78 is 16.2. The molecule has 0 amide bonds. The topological polar surface area (TPSA) is 56.8 Å². The van der Waals surface area contributed by atoms with Crippen LogP contribution < -0.4 is 14.8 Å². The molecule has 1 aliphatic heterocycles. The van der Waals surface area contributed by atoms with Crippen molar-refractivity contribution < 1.29 is 19.0 Å². The zero-order chi connectivity index (χ0) is 13.8. The fourth-order valence-electron chi connectivity index (χ4n) is 1.81. The smallest absolute Gasteiger partial charge is 0.327 e. The Morgan fingerprint density at radius 2 is 2.42 bits per heavy atom. The predicted molar refractivity (Wildman–Crippen MR) is 73.2 cm³/mol. The number of hydrogen-bond donors (Lipinski definition) is 1. The van der Waals surface area contributed by atoms with Gasteiger partial charge in [0.2, 0.25) is 6.79 Å². The first-order chi connectivity index (χ1) is 9.17. The van der Waals surface area contributed by atoms with Crippen LogP contribution in [0.15, 0.2) is 29.3 Å². The number of carbonyl (C=O) groups is 1. The number of carbonyl (C=O) groups excluding carboxylic acids is 1. The van der Waals surface area contributed by atoms with Gasteiger partial charge in [-0.3, -0.25) is 5.32 Å². The molecule has 1 heterocycles. The van der Waals surface area contributed by atoms with E-state index in [0.29, 0.717) is 18.0 Å². The van der Waals surface area contributed by atoms with E-state index in [4.69, 9.17) is 14.2 Å². The molecule has 0 saturated carbocycles. The van der Waals surface area contributed by atoms with E-state index in [1.54, 1.807) is 12.1 Å². The summed E-state index contributed by atoms with van der Waals surface area (Å²) in [6.07, 6.45) is 1.68. The third-order valence-electron chi connectivity index (χ3n) is 2.69. The maximum Gasteiger partial charge on any atom is 0.327 e. The van der Waals surface area contributed by atoms with Gasteiger partial charge in [-0.1, -0.05) is 6.08 Å². The quantitative estimate of drug-likeness (QED) is 0.663. The molecule has 19 heavy (non-hydrogen) atoms. The first kappa shape index (κ1) is 13.9. The first-order valence-corrected chi connectivity index (χ1v) is 6.47. The van der Waals surface area contributed by atoms with Crippen molar-refractivity contribution >= 4 is 21.9 Å². The number of benzene rings is 1. The monoisotopic (exact) mass is 327 g/mol. The normalized spacial score (nSPS) is 14.0. The highest BCUT2D eigenvalue weighted by Gasteiger charge is 2.25. The minimum Gasteiger partial charge on any atom is -0.468 e. The van der Waals surface area contributed by atoms with Crippen LogP contribution >= 0.6 is 15.9 Å². The van der Waals surface area contributed by atoms with Crippen LogP contribution in [0.4, 0.5) is 0 Å². The van der Waals surface area contributed by atoms with Gasteiger partial charge in [-0.05, 0) is 33.6 Å². The van der Waals surface area contributed by atoms with Gasteiger partial charge in [0.25, 0.3) is 0 Å². The average Bonchev–Trinajstić information content (AvgIpc) is 2.87. The third kappa shape index (κ3) is 2.90. The van der Waals surface area contributed by atoms with Crippen LogP contribution in [0.2, 0.25) is 0 Å². The predicted octanol–water partition coefficient (Wildman–Crippen LogP) is 2.17. The maximum absolute atomic E-state index is 11.8. The summed E-state index contributed by atoms with van der Waals surface area (Å²) in [7, 11) is 1.35. The van der Waals surface area contributed by atoms with Crippen LogP contribution in [0.3, 0.4) is 0 Å². The molecule has 0 radical (unpaired) electrons. The first-order valence-electron chi connectivity index (χ1n) is 5.68. The number of methoxy groups -OCH3 is 1. The average molecular weight is 328 g/mol. The highest BCUT2D eigenvalue weighted by molar-refractivity contribution is 9.10. The number of hydrogen-bond acceptors (Lipinski definition) is 5. The summed E-state index contributed by atoms with van der Waals surface area (Å²) in [6, 6.07) is 3.00. The van der Waals surface area contributed by atoms with E-state index in [-0.39, 0.29) is 12.8 Å². The van der Waals surface area contributed by atoms with Gasteiger partial charge in [0.15, 0.2) is 11.5 Å². The van der Waals surface area contributed by atoms with Gasteiger partial charge in [0.1, 0.15) is 6.04 Å². The molecule has 102 valence electrons. The minimum atomic E-state index is -0.575. The molecule has 1 aromatic rings. The highest BCUT2D eigenvalue weighted by Crippen LogP contribution is 2.41. The van der Waals surface area contributed by atoms with Crippen molar-refractivity contribution in [3.63, 3.8) is 0 Å². The Morgan fingerprint density at radius 3 is 3.11 bits per heavy atom. The molecule has 2 rings (SSSR count). The molecule has 6 heteroatoms. The largest absolute Gasteiger partial charge is 0.468 e. The Labute approximate surface area is 119 Å². The van der Waals surface area contributed by atoms with Crippen molar-refractivity contribution in [2.24, 2.45) is 0 Å². The molecule has 0 spiro atoms. The zero-order valence-electron chi connectivity index (χ0n) is 10.4. The summed E-state index contributed by atoms with van der Waals surface area (Å²) in [6.45, 7) is 4.29. The molecule has 0 saturated heterocycles. The van der Waals surface area contributed by atoms with Crippen molar-refractivity contribution in [3.8, 4) is 11.5 Å².